The van der Waals surface area contributed by atoms with E-state index in [-0.39, 0.29) is 11.1 Å². The highest BCUT2D eigenvalue weighted by Crippen LogP contribution is 2.39. The summed E-state index contributed by atoms with van der Waals surface area (Å²) in [6, 6.07) is 0. The Labute approximate surface area is 116 Å². The molecule has 1 aliphatic heterocycles. The van der Waals surface area contributed by atoms with Crippen molar-refractivity contribution < 1.29 is 23.8 Å². The predicted octanol–water partition coefficient (Wildman–Crippen LogP) is 2.61. The maximum atomic E-state index is 11.1. The van der Waals surface area contributed by atoms with Crippen LogP contribution in [0.25, 0.3) is 0 Å². The third kappa shape index (κ3) is 4.27. The smallest absolute Gasteiger partial charge is 0.333 e. The Kier molecular flexibility index (Phi) is 5.17. The van der Waals surface area contributed by atoms with Crippen LogP contribution in [0.3, 0.4) is 0 Å². The van der Waals surface area contributed by atoms with Crippen LogP contribution < -0.4 is 0 Å². The second kappa shape index (κ2) is 5.91. The van der Waals surface area contributed by atoms with Crippen molar-refractivity contribution in [3.8, 4) is 0 Å². The van der Waals surface area contributed by atoms with E-state index in [0.29, 0.717) is 12.8 Å². The summed E-state index contributed by atoms with van der Waals surface area (Å²) in [6.07, 6.45) is -0.465. The highest BCUT2D eigenvalue weighted by atomic mass is 28.4. The SMILES string of the molecule is CO[C@@H]1C[C@H](O[Si](C)(C)C(C)(C)C)C[C@@H](C(=O)O)O1. The van der Waals surface area contributed by atoms with Gasteiger partial charge in [0.25, 0.3) is 0 Å². The number of carbonyl (C=O) groups is 1. The molecule has 1 fully saturated rings. The molecule has 0 unspecified atom stereocenters. The minimum atomic E-state index is -1.90. The molecular weight excluding hydrogens is 264 g/mol. The number of aliphatic carboxylic acids is 1. The highest BCUT2D eigenvalue weighted by Gasteiger charge is 2.42. The van der Waals surface area contributed by atoms with Crippen molar-refractivity contribution in [3.63, 3.8) is 0 Å². The summed E-state index contributed by atoms with van der Waals surface area (Å²) in [5.41, 5.74) is 0. The standard InChI is InChI=1S/C13H26O5Si/c1-13(2,3)19(5,6)18-9-7-10(12(14)15)17-11(8-9)16-4/h9-11H,7-8H2,1-6H3,(H,14,15)/t9-,10+,11+/m1/s1. The molecule has 0 saturated carbocycles. The maximum Gasteiger partial charge on any atom is 0.333 e. The van der Waals surface area contributed by atoms with Gasteiger partial charge in [0.05, 0.1) is 6.10 Å². The lowest BCUT2D eigenvalue weighted by Crippen LogP contribution is -2.49. The van der Waals surface area contributed by atoms with E-state index < -0.39 is 26.7 Å². The molecule has 112 valence electrons. The molecule has 0 bridgehead atoms. The molecule has 0 aliphatic carbocycles. The summed E-state index contributed by atoms with van der Waals surface area (Å²) in [6.45, 7) is 10.8. The number of rotatable bonds is 4. The number of hydrogen-bond acceptors (Lipinski definition) is 4. The van der Waals surface area contributed by atoms with E-state index in [9.17, 15) is 4.79 Å². The fourth-order valence-corrected chi connectivity index (χ4v) is 3.22. The first kappa shape index (κ1) is 16.6. The van der Waals surface area contributed by atoms with Crippen LogP contribution in [0.2, 0.25) is 18.1 Å². The van der Waals surface area contributed by atoms with Gasteiger partial charge >= 0.3 is 5.97 Å². The van der Waals surface area contributed by atoms with Crippen molar-refractivity contribution in [3.05, 3.63) is 0 Å². The van der Waals surface area contributed by atoms with Gasteiger partial charge in [0.1, 0.15) is 0 Å². The maximum absolute atomic E-state index is 11.1. The topological polar surface area (TPSA) is 65.0 Å². The van der Waals surface area contributed by atoms with E-state index >= 15 is 0 Å². The molecule has 0 spiro atoms. The lowest BCUT2D eigenvalue weighted by atomic mass is 10.1. The average molecular weight is 290 g/mol. The van der Waals surface area contributed by atoms with Gasteiger partial charge in [-0.05, 0) is 18.1 Å². The minimum Gasteiger partial charge on any atom is -0.479 e. The molecule has 0 aromatic heterocycles. The number of hydrogen-bond donors (Lipinski definition) is 1. The molecule has 5 nitrogen and oxygen atoms in total. The van der Waals surface area contributed by atoms with Crippen LogP contribution in [0.15, 0.2) is 0 Å². The molecule has 1 saturated heterocycles. The summed E-state index contributed by atoms with van der Waals surface area (Å²) >= 11 is 0. The molecule has 0 amide bonds. The number of ether oxygens (including phenoxy) is 2. The van der Waals surface area contributed by atoms with Gasteiger partial charge in [-0.3, -0.25) is 0 Å². The van der Waals surface area contributed by atoms with Gasteiger partial charge in [-0.15, -0.1) is 0 Å². The molecule has 3 atom stereocenters. The quantitative estimate of drug-likeness (QED) is 0.806. The monoisotopic (exact) mass is 290 g/mol. The van der Waals surface area contributed by atoms with Gasteiger partial charge < -0.3 is 19.0 Å². The van der Waals surface area contributed by atoms with Crippen LogP contribution in [0, 0.1) is 0 Å². The molecule has 1 rings (SSSR count). The molecule has 0 aromatic rings. The first-order valence-corrected chi connectivity index (χ1v) is 9.56. The molecule has 19 heavy (non-hydrogen) atoms. The Morgan fingerprint density at radius 1 is 1.32 bits per heavy atom. The van der Waals surface area contributed by atoms with Crippen LogP contribution in [0.5, 0.6) is 0 Å². The van der Waals surface area contributed by atoms with Crippen LogP contribution in [0.1, 0.15) is 33.6 Å². The lowest BCUT2D eigenvalue weighted by Gasteiger charge is -2.42. The molecule has 1 aliphatic rings. The second-order valence-electron chi connectivity index (χ2n) is 6.60. The van der Waals surface area contributed by atoms with Crippen molar-refractivity contribution in [2.45, 2.75) is 70.2 Å². The summed E-state index contributed by atoms with van der Waals surface area (Å²) < 4.78 is 16.8. The zero-order valence-electron chi connectivity index (χ0n) is 12.7. The third-order valence-corrected chi connectivity index (χ3v) is 8.59. The Morgan fingerprint density at radius 3 is 2.32 bits per heavy atom. The first-order valence-electron chi connectivity index (χ1n) is 6.65. The molecule has 1 heterocycles. The fraction of sp³-hybridized carbons (Fsp3) is 0.923. The fourth-order valence-electron chi connectivity index (χ4n) is 1.84. The van der Waals surface area contributed by atoms with E-state index in [1.54, 1.807) is 0 Å². The summed E-state index contributed by atoms with van der Waals surface area (Å²) in [7, 11) is -0.377. The van der Waals surface area contributed by atoms with Crippen LogP contribution in [-0.2, 0) is 18.7 Å². The second-order valence-corrected chi connectivity index (χ2v) is 11.4. The molecule has 1 N–H and O–H groups in total. The summed E-state index contributed by atoms with van der Waals surface area (Å²) in [4.78, 5) is 11.1. The Balaban J connectivity index is 2.74. The van der Waals surface area contributed by atoms with Crippen molar-refractivity contribution in [1.29, 1.82) is 0 Å². The van der Waals surface area contributed by atoms with Gasteiger partial charge in [-0.25, -0.2) is 4.79 Å². The lowest BCUT2D eigenvalue weighted by molar-refractivity contribution is -0.211. The van der Waals surface area contributed by atoms with E-state index in [1.165, 1.54) is 7.11 Å². The van der Waals surface area contributed by atoms with Crippen molar-refractivity contribution >= 4 is 14.3 Å². The van der Waals surface area contributed by atoms with Crippen LogP contribution >= 0.6 is 0 Å². The third-order valence-electron chi connectivity index (χ3n) is 4.05. The first-order chi connectivity index (χ1) is 8.56. The van der Waals surface area contributed by atoms with Gasteiger partial charge in [0.15, 0.2) is 20.7 Å². The Morgan fingerprint density at radius 2 is 1.89 bits per heavy atom. The molecule has 0 aromatic carbocycles. The van der Waals surface area contributed by atoms with Crippen LogP contribution in [-0.4, -0.2) is 45.0 Å². The molecular formula is C13H26O5Si. The average Bonchev–Trinajstić information content (AvgIpc) is 2.26. The van der Waals surface area contributed by atoms with Gasteiger partial charge in [0.2, 0.25) is 0 Å². The van der Waals surface area contributed by atoms with E-state index in [0.717, 1.165) is 0 Å². The van der Waals surface area contributed by atoms with Gasteiger partial charge in [-0.2, -0.15) is 0 Å². The molecule has 0 radical (unpaired) electrons. The number of carboxylic acids is 1. The Hall–Kier alpha value is -0.433. The van der Waals surface area contributed by atoms with Crippen LogP contribution in [0.4, 0.5) is 0 Å². The summed E-state index contributed by atoms with van der Waals surface area (Å²) in [5, 5.41) is 9.21. The predicted molar refractivity (Wildman–Crippen MR) is 74.6 cm³/mol. The highest BCUT2D eigenvalue weighted by molar-refractivity contribution is 6.74. The summed E-state index contributed by atoms with van der Waals surface area (Å²) in [5.74, 6) is -0.953. The zero-order chi connectivity index (χ0) is 14.8. The number of carboxylic acid groups (broad SMARTS) is 1. The van der Waals surface area contributed by atoms with Crippen molar-refractivity contribution in [2.24, 2.45) is 0 Å². The normalized spacial score (nSPS) is 29.3. The largest absolute Gasteiger partial charge is 0.479 e. The zero-order valence-corrected chi connectivity index (χ0v) is 13.7. The van der Waals surface area contributed by atoms with E-state index in [4.69, 9.17) is 19.0 Å². The van der Waals surface area contributed by atoms with E-state index in [2.05, 4.69) is 33.9 Å². The number of methoxy groups -OCH3 is 1. The van der Waals surface area contributed by atoms with Gasteiger partial charge in [-0.1, -0.05) is 20.8 Å². The van der Waals surface area contributed by atoms with Crippen molar-refractivity contribution in [1.82, 2.24) is 0 Å². The molecule has 6 heteroatoms. The Bertz CT molecular complexity index is 323. The minimum absolute atomic E-state index is 0.104. The van der Waals surface area contributed by atoms with Gasteiger partial charge in [0, 0.05) is 20.0 Å². The van der Waals surface area contributed by atoms with E-state index in [1.807, 2.05) is 0 Å². The van der Waals surface area contributed by atoms with Crippen molar-refractivity contribution in [2.75, 3.05) is 7.11 Å².